The van der Waals surface area contributed by atoms with Crippen molar-refractivity contribution in [2.24, 2.45) is 0 Å². The molecule has 2 heterocycles. The van der Waals surface area contributed by atoms with Crippen LogP contribution in [0.5, 0.6) is 0 Å². The summed E-state index contributed by atoms with van der Waals surface area (Å²) in [7, 11) is 0. The Morgan fingerprint density at radius 1 is 0.511 bits per heavy atom. The minimum atomic E-state index is 0. The Kier molecular flexibility index (Phi) is 8.65. The second-order valence-electron chi connectivity index (χ2n) is 14.0. The molecule has 0 unspecified atom stereocenters. The van der Waals surface area contributed by atoms with E-state index in [4.69, 9.17) is 15.0 Å². The molecule has 4 nitrogen and oxygen atoms in total. The van der Waals surface area contributed by atoms with Crippen LogP contribution in [0.4, 0.5) is 0 Å². The summed E-state index contributed by atoms with van der Waals surface area (Å²) in [6, 6.07) is 41.5. The van der Waals surface area contributed by atoms with Gasteiger partial charge in [0.15, 0.2) is 17.5 Å². The molecular weight excluding hydrogens is 753 g/mol. The van der Waals surface area contributed by atoms with Gasteiger partial charge in [0.25, 0.3) is 0 Å². The van der Waals surface area contributed by atoms with Gasteiger partial charge >= 0.3 is 0 Å². The molecule has 0 N–H and O–H groups in total. The Labute approximate surface area is 290 Å². The van der Waals surface area contributed by atoms with Gasteiger partial charge in [-0.3, -0.25) is 0 Å². The number of hydrogen-bond acceptors (Lipinski definition) is 4. The number of hydrogen-bond donors (Lipinski definition) is 0. The van der Waals surface area contributed by atoms with Gasteiger partial charge in [-0.25, -0.2) is 15.0 Å². The van der Waals surface area contributed by atoms with Crippen molar-refractivity contribution in [3.8, 4) is 45.3 Å². The Bertz CT molecular complexity index is 2110. The zero-order valence-electron chi connectivity index (χ0n) is 27.6. The number of fused-ring (bicyclic) bond motifs is 3. The average Bonchev–Trinajstić information content (AvgIpc) is 3.07. The third-order valence-corrected chi connectivity index (χ3v) is 8.65. The monoisotopic (exact) mass is 790 g/mol. The molecular formula is C42H37IrN4-. The topological polar surface area (TPSA) is 51.6 Å². The number of benzene rings is 5. The molecule has 0 aliphatic rings. The van der Waals surface area contributed by atoms with E-state index < -0.39 is 0 Å². The number of nitrogens with zero attached hydrogens (tertiary/aromatic N) is 4. The van der Waals surface area contributed by atoms with Crippen LogP contribution in [0.25, 0.3) is 67.0 Å². The molecule has 5 heteroatoms. The normalized spacial score (nSPS) is 11.9. The maximum Gasteiger partial charge on any atom is 0.164 e. The Hall–Kier alpha value is -4.57. The molecule has 235 valence electrons. The minimum absolute atomic E-state index is 0. The minimum Gasteiger partial charge on any atom is -0.304 e. The molecule has 0 fully saturated rings. The first-order valence-corrected chi connectivity index (χ1v) is 15.8. The summed E-state index contributed by atoms with van der Waals surface area (Å²) in [6.07, 6.45) is 1.84. The molecule has 7 rings (SSSR count). The van der Waals surface area contributed by atoms with E-state index in [-0.39, 0.29) is 30.9 Å². The van der Waals surface area contributed by atoms with Crippen molar-refractivity contribution in [1.82, 2.24) is 19.9 Å². The molecule has 1 radical (unpaired) electrons. The molecule has 5 aromatic carbocycles. The zero-order chi connectivity index (χ0) is 32.1. The van der Waals surface area contributed by atoms with Crippen LogP contribution in [-0.2, 0) is 30.9 Å². The molecule has 2 aromatic heterocycles. The third kappa shape index (κ3) is 6.52. The Balaban J connectivity index is 0.00000386. The van der Waals surface area contributed by atoms with Crippen molar-refractivity contribution in [1.29, 1.82) is 0 Å². The van der Waals surface area contributed by atoms with Crippen LogP contribution in [0.2, 0.25) is 0 Å². The number of rotatable bonds is 4. The molecule has 0 bridgehead atoms. The van der Waals surface area contributed by atoms with E-state index in [1.807, 2.05) is 18.3 Å². The molecule has 0 spiro atoms. The summed E-state index contributed by atoms with van der Waals surface area (Å²) in [5, 5.41) is 3.27. The van der Waals surface area contributed by atoms with Crippen LogP contribution in [0.15, 0.2) is 115 Å². The number of aromatic nitrogens is 4. The van der Waals surface area contributed by atoms with Crippen molar-refractivity contribution < 1.29 is 20.1 Å². The largest absolute Gasteiger partial charge is 0.304 e. The predicted molar refractivity (Wildman–Crippen MR) is 191 cm³/mol. The van der Waals surface area contributed by atoms with Crippen molar-refractivity contribution >= 4 is 21.7 Å². The van der Waals surface area contributed by atoms with Gasteiger partial charge in [0.05, 0.1) is 0 Å². The fourth-order valence-corrected chi connectivity index (χ4v) is 5.87. The Morgan fingerprint density at radius 2 is 0.979 bits per heavy atom. The Morgan fingerprint density at radius 3 is 1.47 bits per heavy atom. The molecule has 0 amide bonds. The van der Waals surface area contributed by atoms with Gasteiger partial charge in [-0.1, -0.05) is 143 Å². The van der Waals surface area contributed by atoms with E-state index in [2.05, 4.69) is 150 Å². The van der Waals surface area contributed by atoms with E-state index >= 15 is 0 Å². The first kappa shape index (κ1) is 32.4. The van der Waals surface area contributed by atoms with Crippen LogP contribution in [0.1, 0.15) is 52.7 Å². The molecule has 0 saturated carbocycles. The molecule has 7 aromatic rings. The van der Waals surface area contributed by atoms with Crippen LogP contribution in [0.3, 0.4) is 0 Å². The van der Waals surface area contributed by atoms with Gasteiger partial charge in [-0.2, -0.15) is 0 Å². The van der Waals surface area contributed by atoms with Gasteiger partial charge in [0.2, 0.25) is 0 Å². The molecule has 0 saturated heterocycles. The van der Waals surface area contributed by atoms with Crippen LogP contribution in [-0.4, -0.2) is 19.9 Å². The maximum atomic E-state index is 5.00. The first-order chi connectivity index (χ1) is 22.0. The molecule has 0 atom stereocenters. The van der Waals surface area contributed by atoms with E-state index in [1.54, 1.807) is 0 Å². The summed E-state index contributed by atoms with van der Waals surface area (Å²) in [5.74, 6) is 1.97. The van der Waals surface area contributed by atoms with Crippen molar-refractivity contribution in [2.75, 3.05) is 0 Å². The molecule has 0 aliphatic carbocycles. The van der Waals surface area contributed by atoms with Gasteiger partial charge in [0.1, 0.15) is 0 Å². The summed E-state index contributed by atoms with van der Waals surface area (Å²) in [5.41, 5.74) is 8.77. The predicted octanol–water partition coefficient (Wildman–Crippen LogP) is 10.6. The van der Waals surface area contributed by atoms with E-state index in [0.717, 1.165) is 49.5 Å². The number of pyridine rings is 1. The summed E-state index contributed by atoms with van der Waals surface area (Å²) in [6.45, 7) is 13.3. The second-order valence-corrected chi connectivity index (χ2v) is 14.0. The van der Waals surface area contributed by atoms with Gasteiger partial charge in [-0.15, -0.1) is 23.6 Å². The summed E-state index contributed by atoms with van der Waals surface area (Å²) < 4.78 is 0. The van der Waals surface area contributed by atoms with Gasteiger partial charge in [0, 0.05) is 43.0 Å². The smallest absolute Gasteiger partial charge is 0.164 e. The second kappa shape index (κ2) is 12.6. The van der Waals surface area contributed by atoms with E-state index in [0.29, 0.717) is 17.5 Å². The first-order valence-electron chi connectivity index (χ1n) is 15.8. The maximum absolute atomic E-state index is 5.00. The van der Waals surface area contributed by atoms with Crippen LogP contribution < -0.4 is 0 Å². The van der Waals surface area contributed by atoms with Crippen LogP contribution >= 0.6 is 0 Å². The van der Waals surface area contributed by atoms with E-state index in [1.165, 1.54) is 11.1 Å². The molecule has 0 aliphatic heterocycles. The SMILES string of the molecule is CC(C)(C)c1ccc(-c2nc(-c3ccc(-c4cc[c-]c5c4ccc4cccnc45)cc3)nc(-c3ccc(C(C)(C)C)cc3)n2)cc1.[Ir]. The van der Waals surface area contributed by atoms with Crippen LogP contribution in [0, 0.1) is 6.07 Å². The van der Waals surface area contributed by atoms with Crippen molar-refractivity contribution in [2.45, 2.75) is 52.4 Å². The zero-order valence-corrected chi connectivity index (χ0v) is 30.0. The molecule has 47 heavy (non-hydrogen) atoms. The fourth-order valence-electron chi connectivity index (χ4n) is 5.87. The summed E-state index contributed by atoms with van der Waals surface area (Å²) in [4.78, 5) is 19.6. The van der Waals surface area contributed by atoms with Crippen molar-refractivity contribution in [3.05, 3.63) is 133 Å². The van der Waals surface area contributed by atoms with E-state index in [9.17, 15) is 0 Å². The fraction of sp³-hybridized carbons (Fsp3) is 0.190. The van der Waals surface area contributed by atoms with Gasteiger partial charge < -0.3 is 4.98 Å². The third-order valence-electron chi connectivity index (χ3n) is 8.65. The van der Waals surface area contributed by atoms with Crippen molar-refractivity contribution in [3.63, 3.8) is 0 Å². The quantitative estimate of drug-likeness (QED) is 0.132. The average molecular weight is 790 g/mol. The van der Waals surface area contributed by atoms with Gasteiger partial charge in [-0.05, 0) is 44.5 Å². The summed E-state index contributed by atoms with van der Waals surface area (Å²) >= 11 is 0. The standard InChI is InChI=1S/C42H37N4.Ir/c1-41(2,3)32-21-16-30(17-22-32)39-44-38(45-40(46-39)31-18-23-33(24-19-31)42(4,5)6)29-14-12-27(13-15-29)34-10-7-11-36-35(34)25-20-28-9-8-26-43-37(28)36;/h7-10,12-26H,1-6H3;/q-1;.